The molecule has 0 spiro atoms. The molecule has 8 nitrogen and oxygen atoms in total. The van der Waals surface area contributed by atoms with Crippen LogP contribution in [-0.2, 0) is 29.1 Å². The molecule has 28 heavy (non-hydrogen) atoms. The molecule has 0 fully saturated rings. The van der Waals surface area contributed by atoms with Gasteiger partial charge in [-0.25, -0.2) is 4.79 Å². The Morgan fingerprint density at radius 3 is 2.75 bits per heavy atom. The summed E-state index contributed by atoms with van der Waals surface area (Å²) in [5.41, 5.74) is 0.414. The van der Waals surface area contributed by atoms with Crippen LogP contribution in [0.4, 0.5) is 13.2 Å². The number of amides is 1. The van der Waals surface area contributed by atoms with Crippen molar-refractivity contribution in [3.8, 4) is 5.75 Å². The quantitative estimate of drug-likeness (QED) is 0.821. The van der Waals surface area contributed by atoms with Crippen molar-refractivity contribution in [1.82, 2.24) is 19.7 Å². The first-order valence-corrected chi connectivity index (χ1v) is 8.33. The number of nitrogens with zero attached hydrogens (tertiary/aromatic N) is 4. The third kappa shape index (κ3) is 4.41. The molecule has 11 heteroatoms. The molecule has 1 aliphatic rings. The Labute approximate surface area is 157 Å². The molecule has 2 aromatic rings. The fourth-order valence-electron chi connectivity index (χ4n) is 2.97. The Hall–Kier alpha value is -3.11. The molecular formula is C17H17F3N4O4. The van der Waals surface area contributed by atoms with Crippen LogP contribution in [0.5, 0.6) is 5.75 Å². The molecule has 3 rings (SSSR count). The van der Waals surface area contributed by atoms with Crippen molar-refractivity contribution < 1.29 is 32.6 Å². The second-order valence-corrected chi connectivity index (χ2v) is 6.38. The van der Waals surface area contributed by atoms with Crippen LogP contribution in [0, 0.1) is 6.92 Å². The zero-order valence-electron chi connectivity index (χ0n) is 14.8. The second kappa shape index (κ2) is 7.49. The first-order valence-electron chi connectivity index (χ1n) is 8.33. The molecule has 0 aliphatic carbocycles. The number of fused-ring (bicyclic) bond motifs is 1. The average molecular weight is 398 g/mol. The summed E-state index contributed by atoms with van der Waals surface area (Å²) in [6, 6.07) is 4.63. The van der Waals surface area contributed by atoms with E-state index in [1.54, 1.807) is 17.6 Å². The highest BCUT2D eigenvalue weighted by molar-refractivity contribution is 5.85. The van der Waals surface area contributed by atoms with Crippen molar-refractivity contribution in [2.45, 2.75) is 38.7 Å². The lowest BCUT2D eigenvalue weighted by Gasteiger charge is -2.33. The van der Waals surface area contributed by atoms with Gasteiger partial charge in [0.25, 0.3) is 0 Å². The highest BCUT2D eigenvalue weighted by atomic mass is 19.4. The second-order valence-electron chi connectivity index (χ2n) is 6.38. The smallest absolute Gasteiger partial charge is 0.422 e. The van der Waals surface area contributed by atoms with Gasteiger partial charge in [-0.2, -0.15) is 13.2 Å². The molecule has 1 aliphatic heterocycles. The Morgan fingerprint density at radius 2 is 2.07 bits per heavy atom. The van der Waals surface area contributed by atoms with Crippen molar-refractivity contribution in [1.29, 1.82) is 0 Å². The summed E-state index contributed by atoms with van der Waals surface area (Å²) < 4.78 is 43.2. The Bertz CT molecular complexity index is 897. The van der Waals surface area contributed by atoms with Crippen molar-refractivity contribution >= 4 is 11.9 Å². The molecule has 0 radical (unpaired) electrons. The van der Waals surface area contributed by atoms with Gasteiger partial charge in [0.05, 0.1) is 19.5 Å². The molecule has 1 atom stereocenters. The van der Waals surface area contributed by atoms with Crippen LogP contribution in [-0.4, -0.2) is 55.5 Å². The van der Waals surface area contributed by atoms with E-state index in [2.05, 4.69) is 14.9 Å². The Morgan fingerprint density at radius 1 is 1.32 bits per heavy atom. The van der Waals surface area contributed by atoms with Gasteiger partial charge in [0.15, 0.2) is 12.4 Å². The lowest BCUT2D eigenvalue weighted by Crippen LogP contribution is -2.51. The number of benzene rings is 1. The van der Waals surface area contributed by atoms with Crippen molar-refractivity contribution in [2.24, 2.45) is 0 Å². The largest absolute Gasteiger partial charge is 0.484 e. The molecule has 0 bridgehead atoms. The molecule has 0 saturated carbocycles. The first-order chi connectivity index (χ1) is 13.1. The number of halogens is 3. The summed E-state index contributed by atoms with van der Waals surface area (Å²) in [5, 5.41) is 17.3. The maximum Gasteiger partial charge on any atom is 0.422 e. The molecule has 1 N–H and O–H groups in total. The predicted molar refractivity (Wildman–Crippen MR) is 88.4 cm³/mol. The topological polar surface area (TPSA) is 97.5 Å². The summed E-state index contributed by atoms with van der Waals surface area (Å²) in [5.74, 6) is -0.624. The van der Waals surface area contributed by atoms with Crippen LogP contribution in [0.25, 0.3) is 0 Å². The highest BCUT2D eigenvalue weighted by Crippen LogP contribution is 2.22. The minimum Gasteiger partial charge on any atom is -0.484 e. The van der Waals surface area contributed by atoms with E-state index in [0.29, 0.717) is 17.2 Å². The number of aromatic nitrogens is 3. The Balaban J connectivity index is 1.74. The van der Waals surface area contributed by atoms with Gasteiger partial charge in [-0.15, -0.1) is 10.2 Å². The van der Waals surface area contributed by atoms with Crippen LogP contribution in [0.2, 0.25) is 0 Å². The molecule has 0 saturated heterocycles. The zero-order chi connectivity index (χ0) is 20.5. The number of rotatable bonds is 5. The third-order valence-corrected chi connectivity index (χ3v) is 4.32. The fourth-order valence-corrected chi connectivity index (χ4v) is 2.97. The lowest BCUT2D eigenvalue weighted by atomic mass is 10.1. The summed E-state index contributed by atoms with van der Waals surface area (Å²) >= 11 is 0. The molecular weight excluding hydrogens is 381 g/mol. The molecule has 1 aromatic heterocycles. The van der Waals surface area contributed by atoms with E-state index in [1.807, 2.05) is 0 Å². The SMILES string of the molecule is Cc1nnc2n1CC(C(=O)O)N(C(=O)Cc1cccc(OCC(F)(F)F)c1)C2. The van der Waals surface area contributed by atoms with Crippen LogP contribution >= 0.6 is 0 Å². The monoisotopic (exact) mass is 398 g/mol. The molecule has 1 unspecified atom stereocenters. The number of hydrogen-bond donors (Lipinski definition) is 1. The minimum absolute atomic E-state index is 0.0130. The van der Waals surface area contributed by atoms with E-state index in [0.717, 1.165) is 0 Å². The summed E-state index contributed by atoms with van der Waals surface area (Å²) in [6.07, 6.45) is -4.65. The van der Waals surface area contributed by atoms with Crippen LogP contribution in [0.1, 0.15) is 17.2 Å². The maximum absolute atomic E-state index is 12.7. The Kier molecular flexibility index (Phi) is 5.25. The number of carbonyl (C=O) groups excluding carboxylic acids is 1. The van der Waals surface area contributed by atoms with Gasteiger partial charge < -0.3 is 19.3 Å². The van der Waals surface area contributed by atoms with E-state index in [4.69, 9.17) is 0 Å². The number of aliphatic carboxylic acids is 1. The standard InChI is InChI=1S/C17H17F3N4O4/c1-10-21-22-14-8-24(13(16(26)27)7-23(10)14)15(25)6-11-3-2-4-12(5-11)28-9-17(18,19)20/h2-5,13H,6-9H2,1H3,(H,26,27). The van der Waals surface area contributed by atoms with Gasteiger partial charge in [-0.3, -0.25) is 4.79 Å². The number of carboxylic acids is 1. The maximum atomic E-state index is 12.7. The van der Waals surface area contributed by atoms with E-state index in [-0.39, 0.29) is 25.3 Å². The van der Waals surface area contributed by atoms with Gasteiger partial charge in [0.2, 0.25) is 5.91 Å². The van der Waals surface area contributed by atoms with Gasteiger partial charge in [0, 0.05) is 0 Å². The first kappa shape index (κ1) is 19.6. The van der Waals surface area contributed by atoms with Gasteiger partial charge in [-0.1, -0.05) is 12.1 Å². The van der Waals surface area contributed by atoms with Crippen molar-refractivity contribution in [3.05, 3.63) is 41.5 Å². The van der Waals surface area contributed by atoms with Gasteiger partial charge in [-0.05, 0) is 24.6 Å². The van der Waals surface area contributed by atoms with Crippen molar-refractivity contribution in [2.75, 3.05) is 6.61 Å². The van der Waals surface area contributed by atoms with Crippen LogP contribution in [0.15, 0.2) is 24.3 Å². The van der Waals surface area contributed by atoms with E-state index >= 15 is 0 Å². The molecule has 1 aromatic carbocycles. The predicted octanol–water partition coefficient (Wildman–Crippen LogP) is 1.57. The van der Waals surface area contributed by atoms with E-state index in [9.17, 15) is 27.9 Å². The number of aryl methyl sites for hydroxylation is 1. The third-order valence-electron chi connectivity index (χ3n) is 4.32. The van der Waals surface area contributed by atoms with Gasteiger partial charge in [0.1, 0.15) is 17.6 Å². The number of alkyl halides is 3. The average Bonchev–Trinajstić information content (AvgIpc) is 2.99. The van der Waals surface area contributed by atoms with Gasteiger partial charge >= 0.3 is 12.1 Å². The molecule has 150 valence electrons. The minimum atomic E-state index is -4.47. The summed E-state index contributed by atoms with van der Waals surface area (Å²) in [7, 11) is 0. The summed E-state index contributed by atoms with van der Waals surface area (Å²) in [6.45, 7) is 0.275. The normalized spacial score (nSPS) is 16.6. The lowest BCUT2D eigenvalue weighted by molar-refractivity contribution is -0.153. The number of hydrogen-bond acceptors (Lipinski definition) is 5. The van der Waals surface area contributed by atoms with Crippen LogP contribution in [0.3, 0.4) is 0 Å². The van der Waals surface area contributed by atoms with E-state index < -0.39 is 30.7 Å². The zero-order valence-corrected chi connectivity index (χ0v) is 14.8. The number of carbonyl (C=O) groups is 2. The van der Waals surface area contributed by atoms with Crippen molar-refractivity contribution in [3.63, 3.8) is 0 Å². The fraction of sp³-hybridized carbons (Fsp3) is 0.412. The molecule has 2 heterocycles. The van der Waals surface area contributed by atoms with Crippen LogP contribution < -0.4 is 4.74 Å². The van der Waals surface area contributed by atoms with E-state index in [1.165, 1.54) is 23.1 Å². The number of carboxylic acid groups (broad SMARTS) is 1. The molecule has 1 amide bonds. The highest BCUT2D eigenvalue weighted by Gasteiger charge is 2.36. The summed E-state index contributed by atoms with van der Waals surface area (Å²) in [4.78, 5) is 25.5. The number of ether oxygens (including phenoxy) is 1.